The topological polar surface area (TPSA) is 12.9 Å². The van der Waals surface area contributed by atoms with Crippen LogP contribution in [0, 0.1) is 5.92 Å². The van der Waals surface area contributed by atoms with E-state index in [2.05, 4.69) is 53.8 Å². The number of nitrogens with zero attached hydrogens (tertiary/aromatic N) is 1. The van der Waals surface area contributed by atoms with Crippen LogP contribution in [0.3, 0.4) is 0 Å². The zero-order chi connectivity index (χ0) is 9.84. The van der Waals surface area contributed by atoms with Crippen LogP contribution in [0.25, 0.3) is 0 Å². The molecule has 1 aromatic heterocycles. The van der Waals surface area contributed by atoms with Crippen LogP contribution in [0.15, 0.2) is 22.8 Å². The molecule has 1 nitrogen and oxygen atoms in total. The summed E-state index contributed by atoms with van der Waals surface area (Å²) in [6.07, 6.45) is 1.15. The van der Waals surface area contributed by atoms with E-state index < -0.39 is 0 Å². The molecule has 1 aromatic rings. The smallest absolute Gasteiger partial charge is 0.106 e. The van der Waals surface area contributed by atoms with Gasteiger partial charge in [0.25, 0.3) is 0 Å². The quantitative estimate of drug-likeness (QED) is 0.730. The molecule has 1 rings (SSSR count). The second kappa shape index (κ2) is 4.75. The highest BCUT2D eigenvalue weighted by Gasteiger charge is 2.14. The van der Waals surface area contributed by atoms with Gasteiger partial charge >= 0.3 is 0 Å². The van der Waals surface area contributed by atoms with Gasteiger partial charge in [-0.2, -0.15) is 0 Å². The first-order valence-corrected chi connectivity index (χ1v) is 5.57. The van der Waals surface area contributed by atoms with E-state index in [1.807, 2.05) is 6.07 Å². The number of hydrogen-bond acceptors (Lipinski definition) is 1. The second-order valence-corrected chi connectivity index (χ2v) is 4.46. The van der Waals surface area contributed by atoms with Crippen molar-refractivity contribution in [3.8, 4) is 0 Å². The minimum atomic E-state index is 0.581. The fourth-order valence-corrected chi connectivity index (χ4v) is 2.01. The highest BCUT2D eigenvalue weighted by atomic mass is 79.9. The molecule has 0 spiro atoms. The summed E-state index contributed by atoms with van der Waals surface area (Å²) in [7, 11) is 0. The zero-order valence-corrected chi connectivity index (χ0v) is 10.0. The first-order chi connectivity index (χ1) is 6.15. The fraction of sp³-hybridized carbons (Fsp3) is 0.545. The Morgan fingerprint density at radius 3 is 2.54 bits per heavy atom. The minimum absolute atomic E-state index is 0.581. The predicted molar refractivity (Wildman–Crippen MR) is 59.8 cm³/mol. The molecule has 0 saturated heterocycles. The summed E-state index contributed by atoms with van der Waals surface area (Å²) in [4.78, 5) is 4.48. The van der Waals surface area contributed by atoms with E-state index in [4.69, 9.17) is 0 Å². The molecule has 0 aliphatic heterocycles. The third-order valence-electron chi connectivity index (χ3n) is 2.36. The third-order valence-corrected chi connectivity index (χ3v) is 2.80. The van der Waals surface area contributed by atoms with Gasteiger partial charge in [-0.05, 0) is 40.4 Å². The molecule has 72 valence electrons. The van der Waals surface area contributed by atoms with Gasteiger partial charge in [0, 0.05) is 11.6 Å². The van der Waals surface area contributed by atoms with Crippen molar-refractivity contribution in [2.24, 2.45) is 5.92 Å². The van der Waals surface area contributed by atoms with Crippen molar-refractivity contribution in [3.05, 3.63) is 28.5 Å². The number of rotatable bonds is 3. The van der Waals surface area contributed by atoms with E-state index in [1.165, 1.54) is 5.69 Å². The Bertz CT molecular complexity index is 271. The highest BCUT2D eigenvalue weighted by Crippen LogP contribution is 2.26. The van der Waals surface area contributed by atoms with Crippen LogP contribution in [0.5, 0.6) is 0 Å². The van der Waals surface area contributed by atoms with Gasteiger partial charge in [-0.1, -0.05) is 26.8 Å². The average Bonchev–Trinajstić information content (AvgIpc) is 2.04. The molecular weight excluding hydrogens is 226 g/mol. The van der Waals surface area contributed by atoms with Crippen LogP contribution in [0.1, 0.15) is 38.8 Å². The van der Waals surface area contributed by atoms with Crippen LogP contribution < -0.4 is 0 Å². The van der Waals surface area contributed by atoms with Crippen molar-refractivity contribution < 1.29 is 0 Å². The maximum Gasteiger partial charge on any atom is 0.106 e. The first kappa shape index (κ1) is 10.7. The monoisotopic (exact) mass is 241 g/mol. The third kappa shape index (κ3) is 2.80. The molecule has 0 aliphatic rings. The Labute approximate surface area is 88.7 Å². The Kier molecular flexibility index (Phi) is 3.91. The van der Waals surface area contributed by atoms with Gasteiger partial charge in [0.1, 0.15) is 4.60 Å². The Morgan fingerprint density at radius 1 is 1.38 bits per heavy atom. The van der Waals surface area contributed by atoms with E-state index >= 15 is 0 Å². The molecule has 0 amide bonds. The van der Waals surface area contributed by atoms with Gasteiger partial charge in [-0.25, -0.2) is 4.98 Å². The van der Waals surface area contributed by atoms with Gasteiger partial charge in [-0.3, -0.25) is 0 Å². The lowest BCUT2D eigenvalue weighted by atomic mass is 9.90. The van der Waals surface area contributed by atoms with Crippen molar-refractivity contribution in [2.75, 3.05) is 0 Å². The van der Waals surface area contributed by atoms with Gasteiger partial charge in [0.2, 0.25) is 0 Å². The highest BCUT2D eigenvalue weighted by molar-refractivity contribution is 9.10. The van der Waals surface area contributed by atoms with Crippen LogP contribution in [0.2, 0.25) is 0 Å². The van der Waals surface area contributed by atoms with Gasteiger partial charge in [-0.15, -0.1) is 0 Å². The SMILES string of the molecule is CCC(c1cccc(Br)n1)C(C)C. The molecule has 0 aliphatic carbocycles. The number of pyridine rings is 1. The van der Waals surface area contributed by atoms with E-state index in [1.54, 1.807) is 0 Å². The van der Waals surface area contributed by atoms with Crippen LogP contribution in [-0.4, -0.2) is 4.98 Å². The van der Waals surface area contributed by atoms with Crippen LogP contribution in [-0.2, 0) is 0 Å². The molecule has 2 heteroatoms. The maximum absolute atomic E-state index is 4.48. The molecule has 1 atom stereocenters. The maximum atomic E-state index is 4.48. The number of halogens is 1. The molecule has 0 saturated carbocycles. The standard InChI is InChI=1S/C11H16BrN/c1-4-9(8(2)3)10-6-5-7-11(12)13-10/h5-9H,4H2,1-3H3. The lowest BCUT2D eigenvalue weighted by molar-refractivity contribution is 0.474. The van der Waals surface area contributed by atoms with Crippen molar-refractivity contribution in [1.82, 2.24) is 4.98 Å². The van der Waals surface area contributed by atoms with Gasteiger partial charge in [0.15, 0.2) is 0 Å². The Balaban J connectivity index is 2.91. The molecular formula is C11H16BrN. The van der Waals surface area contributed by atoms with Crippen molar-refractivity contribution >= 4 is 15.9 Å². The summed E-state index contributed by atoms with van der Waals surface area (Å²) in [5.74, 6) is 1.24. The molecule has 1 heterocycles. The second-order valence-electron chi connectivity index (χ2n) is 3.64. The van der Waals surface area contributed by atoms with E-state index in [0.717, 1.165) is 11.0 Å². The average molecular weight is 242 g/mol. The Hall–Kier alpha value is -0.370. The molecule has 0 fully saturated rings. The number of hydrogen-bond donors (Lipinski definition) is 0. The molecule has 0 bridgehead atoms. The fourth-order valence-electron chi connectivity index (χ4n) is 1.65. The summed E-state index contributed by atoms with van der Waals surface area (Å²) in [6, 6.07) is 6.13. The first-order valence-electron chi connectivity index (χ1n) is 4.77. The van der Waals surface area contributed by atoms with E-state index in [0.29, 0.717) is 11.8 Å². The van der Waals surface area contributed by atoms with Crippen molar-refractivity contribution in [1.29, 1.82) is 0 Å². The molecule has 0 aromatic carbocycles. The Morgan fingerprint density at radius 2 is 2.08 bits per heavy atom. The predicted octanol–water partition coefficient (Wildman–Crippen LogP) is 3.99. The number of aromatic nitrogens is 1. The zero-order valence-electron chi connectivity index (χ0n) is 8.42. The summed E-state index contributed by atoms with van der Waals surface area (Å²) in [6.45, 7) is 6.71. The van der Waals surface area contributed by atoms with Crippen molar-refractivity contribution in [2.45, 2.75) is 33.1 Å². The lowest BCUT2D eigenvalue weighted by Crippen LogP contribution is -2.07. The lowest BCUT2D eigenvalue weighted by Gasteiger charge is -2.18. The molecule has 13 heavy (non-hydrogen) atoms. The minimum Gasteiger partial charge on any atom is -0.246 e. The van der Waals surface area contributed by atoms with Crippen LogP contribution in [0.4, 0.5) is 0 Å². The van der Waals surface area contributed by atoms with Gasteiger partial charge < -0.3 is 0 Å². The normalized spacial score (nSPS) is 13.3. The van der Waals surface area contributed by atoms with E-state index in [9.17, 15) is 0 Å². The van der Waals surface area contributed by atoms with E-state index in [-0.39, 0.29) is 0 Å². The van der Waals surface area contributed by atoms with Crippen molar-refractivity contribution in [3.63, 3.8) is 0 Å². The largest absolute Gasteiger partial charge is 0.246 e. The summed E-state index contributed by atoms with van der Waals surface area (Å²) in [5, 5.41) is 0. The molecule has 1 unspecified atom stereocenters. The van der Waals surface area contributed by atoms with Gasteiger partial charge in [0.05, 0.1) is 0 Å². The summed E-state index contributed by atoms with van der Waals surface area (Å²) < 4.78 is 0.934. The summed E-state index contributed by atoms with van der Waals surface area (Å²) in [5.41, 5.74) is 1.20. The molecule has 0 N–H and O–H groups in total. The van der Waals surface area contributed by atoms with Crippen LogP contribution >= 0.6 is 15.9 Å². The summed E-state index contributed by atoms with van der Waals surface area (Å²) >= 11 is 3.40. The molecule has 0 radical (unpaired) electrons.